The summed E-state index contributed by atoms with van der Waals surface area (Å²) in [5.74, 6) is 0.0926. The predicted octanol–water partition coefficient (Wildman–Crippen LogP) is 1.57. The molecule has 0 bridgehead atoms. The van der Waals surface area contributed by atoms with Gasteiger partial charge in [0.05, 0.1) is 0 Å². The molecule has 4 heteroatoms. The van der Waals surface area contributed by atoms with Crippen LogP contribution in [0.5, 0.6) is 0 Å². The smallest absolute Gasteiger partial charge is 0.218 e. The summed E-state index contributed by atoms with van der Waals surface area (Å²) in [6, 6.07) is 0. The summed E-state index contributed by atoms with van der Waals surface area (Å²) in [7, 11) is 3.45. The largest absolute Gasteiger partial charge is 0.349 e. The normalized spacial score (nSPS) is 5.22. The minimum Gasteiger partial charge on any atom is -0.349 e. The molecule has 0 rings (SSSR count). The molecule has 2 nitrogen and oxygen atoms in total. The maximum Gasteiger partial charge on any atom is 0.218 e. The summed E-state index contributed by atoms with van der Waals surface area (Å²) in [4.78, 5) is 11.6. The summed E-state index contributed by atoms with van der Waals surface area (Å²) in [5, 5.41) is 0. The lowest BCUT2D eigenvalue weighted by Gasteiger charge is -2.02. The zero-order valence-electron chi connectivity index (χ0n) is 5.17. The van der Waals surface area contributed by atoms with Gasteiger partial charge in [0.2, 0.25) is 5.91 Å². The fourth-order valence-electron chi connectivity index (χ4n) is 0. The van der Waals surface area contributed by atoms with Gasteiger partial charge < -0.3 is 4.90 Å². The molecule has 0 N–H and O–H groups in total. The van der Waals surface area contributed by atoms with E-state index in [1.165, 1.54) is 11.8 Å². The lowest BCUT2D eigenvalue weighted by Crippen LogP contribution is -2.17. The maximum atomic E-state index is 10.1. The van der Waals surface area contributed by atoms with Crippen LogP contribution in [0, 0.1) is 0 Å². The topological polar surface area (TPSA) is 20.3 Å². The van der Waals surface area contributed by atoms with Crippen LogP contribution in [0.3, 0.4) is 0 Å². The van der Waals surface area contributed by atoms with Crippen molar-refractivity contribution >= 4 is 30.7 Å². The zero-order valence-corrected chi connectivity index (χ0v) is 6.80. The SMILES string of the molecule is C.CC(=O)N(C)C.Cl.Cl. The van der Waals surface area contributed by atoms with Gasteiger partial charge in [0.25, 0.3) is 0 Å². The van der Waals surface area contributed by atoms with Gasteiger partial charge in [-0.3, -0.25) is 4.79 Å². The van der Waals surface area contributed by atoms with E-state index in [9.17, 15) is 4.79 Å². The summed E-state index contributed by atoms with van der Waals surface area (Å²) in [5.41, 5.74) is 0. The average molecular weight is 176 g/mol. The van der Waals surface area contributed by atoms with E-state index in [2.05, 4.69) is 0 Å². The fourth-order valence-corrected chi connectivity index (χ4v) is 0. The first kappa shape index (κ1) is 23.0. The van der Waals surface area contributed by atoms with Crippen molar-refractivity contribution in [3.63, 3.8) is 0 Å². The Bertz CT molecular complexity index is 66.0. The van der Waals surface area contributed by atoms with E-state index in [4.69, 9.17) is 0 Å². The van der Waals surface area contributed by atoms with Crippen molar-refractivity contribution in [2.24, 2.45) is 0 Å². The van der Waals surface area contributed by atoms with Crippen molar-refractivity contribution in [1.82, 2.24) is 4.90 Å². The molecule has 9 heavy (non-hydrogen) atoms. The Hall–Kier alpha value is 0.0500. The Balaban J connectivity index is -0.0000000417. The number of carbonyl (C=O) groups is 1. The van der Waals surface area contributed by atoms with Crippen LogP contribution in [0.1, 0.15) is 14.4 Å². The van der Waals surface area contributed by atoms with Gasteiger partial charge in [-0.1, -0.05) is 7.43 Å². The van der Waals surface area contributed by atoms with Crippen molar-refractivity contribution in [3.8, 4) is 0 Å². The quantitative estimate of drug-likeness (QED) is 0.548. The van der Waals surface area contributed by atoms with E-state index in [0.29, 0.717) is 0 Å². The summed E-state index contributed by atoms with van der Waals surface area (Å²) >= 11 is 0. The number of rotatable bonds is 0. The Morgan fingerprint density at radius 3 is 1.33 bits per heavy atom. The van der Waals surface area contributed by atoms with Crippen LogP contribution in [-0.4, -0.2) is 24.9 Å². The third-order valence-electron chi connectivity index (χ3n) is 0.630. The number of halogens is 2. The van der Waals surface area contributed by atoms with Crippen LogP contribution >= 0.6 is 24.8 Å². The van der Waals surface area contributed by atoms with Crippen LogP contribution < -0.4 is 0 Å². The average Bonchev–Trinajstić information content (AvgIpc) is 1.36. The minimum atomic E-state index is 0. The van der Waals surface area contributed by atoms with E-state index in [0.717, 1.165) is 0 Å². The van der Waals surface area contributed by atoms with E-state index in [1.807, 2.05) is 0 Å². The summed E-state index contributed by atoms with van der Waals surface area (Å²) in [6.45, 7) is 1.53. The van der Waals surface area contributed by atoms with Gasteiger partial charge in [-0.15, -0.1) is 24.8 Å². The minimum absolute atomic E-state index is 0. The molecular formula is C5H15Cl2NO. The molecule has 0 aromatic rings. The van der Waals surface area contributed by atoms with Crippen molar-refractivity contribution in [2.75, 3.05) is 14.1 Å². The number of nitrogens with zero attached hydrogens (tertiary/aromatic N) is 1. The molecule has 0 aliphatic carbocycles. The van der Waals surface area contributed by atoms with Crippen molar-refractivity contribution < 1.29 is 4.79 Å². The van der Waals surface area contributed by atoms with E-state index in [-0.39, 0.29) is 38.1 Å². The molecule has 0 saturated heterocycles. The third kappa shape index (κ3) is 18.0. The Labute approximate surface area is 69.4 Å². The van der Waals surface area contributed by atoms with Gasteiger partial charge in [0.15, 0.2) is 0 Å². The molecule has 0 unspecified atom stereocenters. The molecule has 1 amide bonds. The standard InChI is InChI=1S/C4H9NO.CH4.2ClH/c1-4(6)5(2)3;;;/h1-3H3;1H4;2*1H. The molecule has 0 aliphatic rings. The molecule has 0 aliphatic heterocycles. The van der Waals surface area contributed by atoms with Gasteiger partial charge in [-0.25, -0.2) is 0 Å². The fraction of sp³-hybridized carbons (Fsp3) is 0.800. The summed E-state index contributed by atoms with van der Waals surface area (Å²) < 4.78 is 0. The second kappa shape index (κ2) is 10.9. The number of amides is 1. The number of carbonyl (C=O) groups excluding carboxylic acids is 1. The molecule has 0 spiro atoms. The molecule has 0 atom stereocenters. The lowest BCUT2D eigenvalue weighted by atomic mass is 10.7. The monoisotopic (exact) mass is 175 g/mol. The van der Waals surface area contributed by atoms with E-state index < -0.39 is 0 Å². The molecule has 0 fully saturated rings. The highest BCUT2D eigenvalue weighted by atomic mass is 35.5. The molecule has 0 radical (unpaired) electrons. The van der Waals surface area contributed by atoms with Crippen LogP contribution in [0.4, 0.5) is 0 Å². The highest BCUT2D eigenvalue weighted by Gasteiger charge is 1.87. The van der Waals surface area contributed by atoms with E-state index in [1.54, 1.807) is 14.1 Å². The van der Waals surface area contributed by atoms with Crippen LogP contribution in [0.2, 0.25) is 0 Å². The summed E-state index contributed by atoms with van der Waals surface area (Å²) in [6.07, 6.45) is 0. The third-order valence-corrected chi connectivity index (χ3v) is 0.630. The van der Waals surface area contributed by atoms with Gasteiger partial charge in [-0.05, 0) is 0 Å². The van der Waals surface area contributed by atoms with Crippen LogP contribution in [0.15, 0.2) is 0 Å². The molecule has 0 saturated carbocycles. The first-order chi connectivity index (χ1) is 2.64. The highest BCUT2D eigenvalue weighted by molar-refractivity contribution is 5.85. The molecular weight excluding hydrogens is 161 g/mol. The van der Waals surface area contributed by atoms with Crippen molar-refractivity contribution in [3.05, 3.63) is 0 Å². The molecule has 0 aromatic heterocycles. The van der Waals surface area contributed by atoms with E-state index >= 15 is 0 Å². The van der Waals surface area contributed by atoms with Crippen molar-refractivity contribution in [2.45, 2.75) is 14.4 Å². The molecule has 0 aromatic carbocycles. The Kier molecular flexibility index (Phi) is 27.9. The van der Waals surface area contributed by atoms with Crippen LogP contribution in [-0.2, 0) is 4.79 Å². The molecule has 0 heterocycles. The predicted molar refractivity (Wildman–Crippen MR) is 45.6 cm³/mol. The maximum absolute atomic E-state index is 10.1. The van der Waals surface area contributed by atoms with Crippen LogP contribution in [0.25, 0.3) is 0 Å². The van der Waals surface area contributed by atoms with Gasteiger partial charge in [0, 0.05) is 21.0 Å². The first-order valence-corrected chi connectivity index (χ1v) is 1.82. The second-order valence-corrected chi connectivity index (χ2v) is 1.41. The van der Waals surface area contributed by atoms with Gasteiger partial charge in [-0.2, -0.15) is 0 Å². The highest BCUT2D eigenvalue weighted by Crippen LogP contribution is 1.69. The number of hydrogen-bond acceptors (Lipinski definition) is 1. The zero-order chi connectivity index (χ0) is 5.15. The Morgan fingerprint density at radius 1 is 1.22 bits per heavy atom. The van der Waals surface area contributed by atoms with Gasteiger partial charge in [0.1, 0.15) is 0 Å². The molecule has 60 valence electrons. The number of hydrogen-bond donors (Lipinski definition) is 0. The second-order valence-electron chi connectivity index (χ2n) is 1.41. The van der Waals surface area contributed by atoms with Crippen molar-refractivity contribution in [1.29, 1.82) is 0 Å². The Morgan fingerprint density at radius 2 is 1.33 bits per heavy atom. The lowest BCUT2D eigenvalue weighted by molar-refractivity contribution is -0.126. The van der Waals surface area contributed by atoms with Gasteiger partial charge >= 0.3 is 0 Å². The first-order valence-electron chi connectivity index (χ1n) is 1.82.